The number of nitrogens with one attached hydrogen (secondary N) is 1. The zero-order chi connectivity index (χ0) is 20.9. The Kier molecular flexibility index (Phi) is 5.39. The lowest BCUT2D eigenvalue weighted by molar-refractivity contribution is 0.0952. The number of carbonyl (C=O) groups is 1. The number of para-hydroxylation sites is 1. The third-order valence-corrected chi connectivity index (χ3v) is 4.61. The fraction of sp³-hybridized carbons (Fsp3) is 0.0417. The number of amides is 1. The molecule has 6 heteroatoms. The quantitative estimate of drug-likeness (QED) is 0.390. The number of phenolic OH excluding ortho intramolecular Hbond substituents is 1. The summed E-state index contributed by atoms with van der Waals surface area (Å²) in [6.45, 7) is 2.04. The summed E-state index contributed by atoms with van der Waals surface area (Å²) in [5.74, 6) is -0.584. The van der Waals surface area contributed by atoms with Gasteiger partial charge in [0, 0.05) is 17.3 Å². The molecule has 0 aliphatic rings. The average molecular weight is 396 g/mol. The standard InChI is InChI=1S/C24H20N4O2/c1-17-11-13-20(14-12-17)28-16-19(23(27-28)18-7-3-2-4-8-18)15-25-26-24(30)21-9-5-6-10-22(21)29/h2-16,29H,1H3,(H,26,30)/b25-15+. The molecule has 0 aliphatic heterocycles. The van der Waals surface area contributed by atoms with Crippen molar-refractivity contribution >= 4 is 12.1 Å². The van der Waals surface area contributed by atoms with E-state index in [1.54, 1.807) is 23.0 Å². The van der Waals surface area contributed by atoms with Crippen LogP contribution in [-0.4, -0.2) is 27.0 Å². The number of benzene rings is 3. The second-order valence-electron chi connectivity index (χ2n) is 6.80. The molecule has 0 radical (unpaired) electrons. The normalized spacial score (nSPS) is 11.0. The first kappa shape index (κ1) is 19.1. The molecular weight excluding hydrogens is 376 g/mol. The molecule has 0 aliphatic carbocycles. The summed E-state index contributed by atoms with van der Waals surface area (Å²) in [6, 6.07) is 24.2. The zero-order valence-corrected chi connectivity index (χ0v) is 16.4. The van der Waals surface area contributed by atoms with E-state index in [9.17, 15) is 9.90 Å². The lowest BCUT2D eigenvalue weighted by Gasteiger charge is -2.02. The van der Waals surface area contributed by atoms with Crippen LogP contribution in [0.1, 0.15) is 21.5 Å². The highest BCUT2D eigenvalue weighted by molar-refractivity contribution is 5.97. The number of aryl methyl sites for hydroxylation is 1. The van der Waals surface area contributed by atoms with Crippen molar-refractivity contribution in [3.05, 3.63) is 102 Å². The summed E-state index contributed by atoms with van der Waals surface area (Å²) in [5.41, 5.74) is 7.15. The number of rotatable bonds is 5. The Morgan fingerprint density at radius 1 is 1.00 bits per heavy atom. The first-order valence-corrected chi connectivity index (χ1v) is 9.45. The molecule has 2 N–H and O–H groups in total. The fourth-order valence-corrected chi connectivity index (χ4v) is 3.02. The largest absolute Gasteiger partial charge is 0.507 e. The van der Waals surface area contributed by atoms with Gasteiger partial charge in [0.15, 0.2) is 0 Å². The molecule has 1 heterocycles. The van der Waals surface area contributed by atoms with Crippen molar-refractivity contribution < 1.29 is 9.90 Å². The number of hydrazone groups is 1. The van der Waals surface area contributed by atoms with Crippen molar-refractivity contribution in [1.82, 2.24) is 15.2 Å². The van der Waals surface area contributed by atoms with E-state index >= 15 is 0 Å². The van der Waals surface area contributed by atoms with Gasteiger partial charge in [-0.05, 0) is 31.2 Å². The van der Waals surface area contributed by atoms with Gasteiger partial charge in [-0.2, -0.15) is 10.2 Å². The number of aromatic hydroxyl groups is 1. The molecule has 148 valence electrons. The minimum atomic E-state index is -0.489. The Morgan fingerprint density at radius 2 is 1.70 bits per heavy atom. The Hall–Kier alpha value is -4.19. The maximum atomic E-state index is 12.3. The van der Waals surface area contributed by atoms with Gasteiger partial charge < -0.3 is 5.11 Å². The Labute approximate surface area is 174 Å². The van der Waals surface area contributed by atoms with E-state index in [4.69, 9.17) is 5.10 Å². The number of nitrogens with zero attached hydrogens (tertiary/aromatic N) is 3. The second kappa shape index (κ2) is 8.45. The molecule has 3 aromatic carbocycles. The SMILES string of the molecule is Cc1ccc(-n2cc(/C=N/NC(=O)c3ccccc3O)c(-c3ccccc3)n2)cc1. The van der Waals surface area contributed by atoms with E-state index in [1.807, 2.05) is 67.7 Å². The summed E-state index contributed by atoms with van der Waals surface area (Å²) >= 11 is 0. The molecule has 0 fully saturated rings. The van der Waals surface area contributed by atoms with Crippen LogP contribution in [0, 0.1) is 6.92 Å². The van der Waals surface area contributed by atoms with Crippen LogP contribution < -0.4 is 5.43 Å². The molecule has 0 bridgehead atoms. The maximum absolute atomic E-state index is 12.3. The number of carbonyl (C=O) groups excluding carboxylic acids is 1. The fourth-order valence-electron chi connectivity index (χ4n) is 3.02. The Bertz CT molecular complexity index is 1200. The summed E-state index contributed by atoms with van der Waals surface area (Å²) in [6.07, 6.45) is 3.42. The minimum absolute atomic E-state index is 0.0950. The molecule has 4 aromatic rings. The first-order valence-electron chi connectivity index (χ1n) is 9.45. The van der Waals surface area contributed by atoms with Crippen molar-refractivity contribution in [2.45, 2.75) is 6.92 Å². The number of aromatic nitrogens is 2. The third kappa shape index (κ3) is 4.12. The molecule has 30 heavy (non-hydrogen) atoms. The highest BCUT2D eigenvalue weighted by Crippen LogP contribution is 2.22. The molecule has 1 amide bonds. The van der Waals surface area contributed by atoms with Gasteiger partial charge in [-0.1, -0.05) is 60.2 Å². The monoisotopic (exact) mass is 396 g/mol. The van der Waals surface area contributed by atoms with E-state index in [0.717, 1.165) is 22.5 Å². The number of hydrogen-bond donors (Lipinski definition) is 2. The molecule has 1 aromatic heterocycles. The van der Waals surface area contributed by atoms with Crippen LogP contribution in [-0.2, 0) is 0 Å². The van der Waals surface area contributed by atoms with Crippen molar-refractivity contribution in [2.24, 2.45) is 5.10 Å². The van der Waals surface area contributed by atoms with Crippen LogP contribution in [0.2, 0.25) is 0 Å². The second-order valence-corrected chi connectivity index (χ2v) is 6.80. The zero-order valence-electron chi connectivity index (χ0n) is 16.4. The lowest BCUT2D eigenvalue weighted by atomic mass is 10.1. The van der Waals surface area contributed by atoms with Crippen LogP contribution in [0.4, 0.5) is 0 Å². The van der Waals surface area contributed by atoms with Gasteiger partial charge in [-0.25, -0.2) is 10.1 Å². The number of hydrogen-bond acceptors (Lipinski definition) is 4. The maximum Gasteiger partial charge on any atom is 0.275 e. The van der Waals surface area contributed by atoms with E-state index in [1.165, 1.54) is 17.7 Å². The summed E-state index contributed by atoms with van der Waals surface area (Å²) in [7, 11) is 0. The topological polar surface area (TPSA) is 79.5 Å². The van der Waals surface area contributed by atoms with Crippen LogP contribution in [0.5, 0.6) is 5.75 Å². The highest BCUT2D eigenvalue weighted by Gasteiger charge is 2.12. The molecule has 0 atom stereocenters. The molecule has 6 nitrogen and oxygen atoms in total. The van der Waals surface area contributed by atoms with Crippen molar-refractivity contribution in [2.75, 3.05) is 0 Å². The highest BCUT2D eigenvalue weighted by atomic mass is 16.3. The van der Waals surface area contributed by atoms with Crippen LogP contribution in [0.15, 0.2) is 90.2 Å². The Morgan fingerprint density at radius 3 is 2.43 bits per heavy atom. The minimum Gasteiger partial charge on any atom is -0.507 e. The van der Waals surface area contributed by atoms with E-state index in [2.05, 4.69) is 10.5 Å². The van der Waals surface area contributed by atoms with Gasteiger partial charge in [0.05, 0.1) is 17.5 Å². The van der Waals surface area contributed by atoms with Gasteiger partial charge in [-0.3, -0.25) is 4.79 Å². The van der Waals surface area contributed by atoms with E-state index < -0.39 is 5.91 Å². The van der Waals surface area contributed by atoms with Crippen LogP contribution >= 0.6 is 0 Å². The Balaban J connectivity index is 1.64. The first-order chi connectivity index (χ1) is 14.6. The van der Waals surface area contributed by atoms with Crippen molar-refractivity contribution in [3.63, 3.8) is 0 Å². The molecule has 0 unspecified atom stereocenters. The smallest absolute Gasteiger partial charge is 0.275 e. The predicted molar refractivity (Wildman–Crippen MR) is 117 cm³/mol. The van der Waals surface area contributed by atoms with Crippen LogP contribution in [0.3, 0.4) is 0 Å². The number of phenols is 1. The molecule has 0 saturated heterocycles. The van der Waals surface area contributed by atoms with Crippen molar-refractivity contribution in [1.29, 1.82) is 0 Å². The summed E-state index contributed by atoms with van der Waals surface area (Å²) in [4.78, 5) is 12.3. The van der Waals surface area contributed by atoms with E-state index in [0.29, 0.717) is 0 Å². The average Bonchev–Trinajstić information content (AvgIpc) is 3.19. The van der Waals surface area contributed by atoms with Gasteiger partial charge in [0.2, 0.25) is 0 Å². The summed E-state index contributed by atoms with van der Waals surface area (Å²) in [5, 5.41) is 18.6. The third-order valence-electron chi connectivity index (χ3n) is 4.61. The van der Waals surface area contributed by atoms with E-state index in [-0.39, 0.29) is 11.3 Å². The van der Waals surface area contributed by atoms with Gasteiger partial charge in [-0.15, -0.1) is 0 Å². The summed E-state index contributed by atoms with van der Waals surface area (Å²) < 4.78 is 1.79. The van der Waals surface area contributed by atoms with Crippen molar-refractivity contribution in [3.8, 4) is 22.7 Å². The lowest BCUT2D eigenvalue weighted by Crippen LogP contribution is -2.17. The molecule has 0 spiro atoms. The molecular formula is C24H20N4O2. The van der Waals surface area contributed by atoms with Gasteiger partial charge >= 0.3 is 0 Å². The molecule has 4 rings (SSSR count). The molecule has 0 saturated carbocycles. The van der Waals surface area contributed by atoms with Gasteiger partial charge in [0.25, 0.3) is 5.91 Å². The predicted octanol–water partition coefficient (Wildman–Crippen LogP) is 4.32. The van der Waals surface area contributed by atoms with Crippen LogP contribution in [0.25, 0.3) is 16.9 Å². The van der Waals surface area contributed by atoms with Gasteiger partial charge in [0.1, 0.15) is 11.4 Å².